The summed E-state index contributed by atoms with van der Waals surface area (Å²) >= 11 is 1.83. The summed E-state index contributed by atoms with van der Waals surface area (Å²) in [5, 5.41) is 0. The largest absolute Gasteiger partial charge is 0.373 e. The van der Waals surface area contributed by atoms with Crippen LogP contribution in [0.15, 0.2) is 0 Å². The molecule has 0 aliphatic heterocycles. The Morgan fingerprint density at radius 2 is 2.09 bits per heavy atom. The Morgan fingerprint density at radius 3 is 2.45 bits per heavy atom. The highest BCUT2D eigenvalue weighted by Crippen LogP contribution is 2.30. The quantitative estimate of drug-likeness (QED) is 0.579. The van der Waals surface area contributed by atoms with Gasteiger partial charge >= 0.3 is 0 Å². The third-order valence-corrected chi connectivity index (χ3v) is 2.92. The van der Waals surface area contributed by atoms with Crippen molar-refractivity contribution in [3.63, 3.8) is 0 Å². The van der Waals surface area contributed by atoms with Crippen LogP contribution in [0.4, 0.5) is 0 Å². The van der Waals surface area contributed by atoms with Crippen molar-refractivity contribution in [3.05, 3.63) is 0 Å². The first-order valence-corrected chi connectivity index (χ1v) is 5.05. The normalized spacial score (nSPS) is 22.0. The molecule has 0 heterocycles. The molecular weight excluding hydrogens is 255 g/mol. The Kier molecular flexibility index (Phi) is 3.78. The van der Waals surface area contributed by atoms with E-state index in [1.807, 2.05) is 22.6 Å². The third-order valence-electron chi connectivity index (χ3n) is 2.31. The molecule has 0 amide bonds. The lowest BCUT2D eigenvalue weighted by Gasteiger charge is -2.17. The van der Waals surface area contributed by atoms with Crippen molar-refractivity contribution in [1.82, 2.24) is 0 Å². The summed E-state index contributed by atoms with van der Waals surface area (Å²) in [6.45, 7) is 0. The monoisotopic (exact) mass is 268 g/mol. The zero-order valence-corrected chi connectivity index (χ0v) is 8.84. The second kappa shape index (κ2) is 4.40. The Balaban J connectivity index is 2.46. The average Bonchev–Trinajstić information content (AvgIpc) is 2.40. The SMILES string of the molecule is COC(C(=O)I)C1CCCC1. The highest BCUT2D eigenvalue weighted by atomic mass is 127. The summed E-state index contributed by atoms with van der Waals surface area (Å²) in [7, 11) is 1.62. The standard InChI is InChI=1S/C8H13IO2/c1-11-7(8(9)10)6-4-2-3-5-6/h6-7H,2-5H2,1H3. The molecule has 1 aliphatic rings. The molecule has 1 unspecified atom stereocenters. The van der Waals surface area contributed by atoms with Gasteiger partial charge in [-0.25, -0.2) is 0 Å². The van der Waals surface area contributed by atoms with Gasteiger partial charge in [0, 0.05) is 29.7 Å². The molecule has 1 saturated carbocycles. The van der Waals surface area contributed by atoms with E-state index in [9.17, 15) is 4.79 Å². The van der Waals surface area contributed by atoms with Gasteiger partial charge in [0.05, 0.1) is 0 Å². The van der Waals surface area contributed by atoms with Crippen molar-refractivity contribution in [2.24, 2.45) is 5.92 Å². The number of carbonyl (C=O) groups excluding carboxylic acids is 1. The zero-order valence-electron chi connectivity index (χ0n) is 6.68. The highest BCUT2D eigenvalue weighted by Gasteiger charge is 2.28. The van der Waals surface area contributed by atoms with Crippen molar-refractivity contribution >= 4 is 26.4 Å². The van der Waals surface area contributed by atoms with Gasteiger partial charge in [-0.1, -0.05) is 12.8 Å². The fourth-order valence-corrected chi connectivity index (χ4v) is 2.49. The summed E-state index contributed by atoms with van der Waals surface area (Å²) in [5.41, 5.74) is 0. The van der Waals surface area contributed by atoms with Crippen molar-refractivity contribution < 1.29 is 9.53 Å². The molecule has 1 fully saturated rings. The maximum atomic E-state index is 11.0. The molecule has 0 bridgehead atoms. The molecule has 1 rings (SSSR count). The first-order chi connectivity index (χ1) is 5.25. The molecule has 0 radical (unpaired) electrons. The minimum Gasteiger partial charge on any atom is -0.373 e. The lowest BCUT2D eigenvalue weighted by Crippen LogP contribution is -2.26. The van der Waals surface area contributed by atoms with Gasteiger partial charge in [-0.15, -0.1) is 0 Å². The van der Waals surface area contributed by atoms with Crippen LogP contribution in [0, 0.1) is 5.92 Å². The molecule has 0 aromatic heterocycles. The number of rotatable bonds is 3. The van der Waals surface area contributed by atoms with Crippen LogP contribution >= 0.6 is 22.6 Å². The van der Waals surface area contributed by atoms with Crippen molar-refractivity contribution in [3.8, 4) is 0 Å². The van der Waals surface area contributed by atoms with Crippen molar-refractivity contribution in [2.75, 3.05) is 7.11 Å². The maximum Gasteiger partial charge on any atom is 0.221 e. The van der Waals surface area contributed by atoms with E-state index in [1.165, 1.54) is 12.8 Å². The van der Waals surface area contributed by atoms with Crippen LogP contribution in [0.5, 0.6) is 0 Å². The van der Waals surface area contributed by atoms with E-state index in [0.717, 1.165) is 12.8 Å². The van der Waals surface area contributed by atoms with Crippen molar-refractivity contribution in [1.29, 1.82) is 0 Å². The number of methoxy groups -OCH3 is 1. The predicted molar refractivity (Wildman–Crippen MR) is 51.8 cm³/mol. The minimum atomic E-state index is -0.141. The first-order valence-electron chi connectivity index (χ1n) is 3.98. The van der Waals surface area contributed by atoms with Crippen LogP contribution in [0.1, 0.15) is 25.7 Å². The van der Waals surface area contributed by atoms with Crippen LogP contribution in [0.3, 0.4) is 0 Å². The summed E-state index contributed by atoms with van der Waals surface area (Å²) in [6.07, 6.45) is 4.70. The number of hydrogen-bond acceptors (Lipinski definition) is 2. The number of halogens is 1. The van der Waals surface area contributed by atoms with E-state index < -0.39 is 0 Å². The van der Waals surface area contributed by atoms with E-state index in [4.69, 9.17) is 4.74 Å². The van der Waals surface area contributed by atoms with Gasteiger partial charge in [-0.2, -0.15) is 0 Å². The second-order valence-corrected chi connectivity index (χ2v) is 4.07. The minimum absolute atomic E-state index is 0.141. The fourth-order valence-electron chi connectivity index (χ4n) is 1.73. The molecule has 1 aliphatic carbocycles. The third kappa shape index (κ3) is 2.40. The Labute approximate surface area is 80.8 Å². The van der Waals surface area contributed by atoms with Crippen molar-refractivity contribution in [2.45, 2.75) is 31.8 Å². The molecule has 0 aromatic rings. The first kappa shape index (κ1) is 9.45. The van der Waals surface area contributed by atoms with Gasteiger partial charge in [-0.05, 0) is 18.8 Å². The lowest BCUT2D eigenvalue weighted by atomic mass is 10.0. The molecule has 3 heteroatoms. The average molecular weight is 268 g/mol. The molecule has 11 heavy (non-hydrogen) atoms. The number of carbonyl (C=O) groups is 1. The second-order valence-electron chi connectivity index (χ2n) is 3.00. The number of hydrogen-bond donors (Lipinski definition) is 0. The fraction of sp³-hybridized carbons (Fsp3) is 0.875. The van der Waals surface area contributed by atoms with Gasteiger partial charge in [-0.3, -0.25) is 4.79 Å². The Hall–Kier alpha value is 0.360. The summed E-state index contributed by atoms with van der Waals surface area (Å²) in [5.74, 6) is 0.490. The van der Waals surface area contributed by atoms with Gasteiger partial charge in [0.25, 0.3) is 0 Å². The maximum absolute atomic E-state index is 11.0. The number of ether oxygens (including phenoxy) is 1. The van der Waals surface area contributed by atoms with Crippen LogP contribution in [0.25, 0.3) is 0 Å². The molecule has 1 atom stereocenters. The van der Waals surface area contributed by atoms with Gasteiger partial charge in [0.1, 0.15) is 6.10 Å². The van der Waals surface area contributed by atoms with E-state index in [0.29, 0.717) is 5.92 Å². The molecule has 64 valence electrons. The van der Waals surface area contributed by atoms with Gasteiger partial charge in [0.2, 0.25) is 3.79 Å². The zero-order chi connectivity index (χ0) is 8.27. The van der Waals surface area contributed by atoms with E-state index in [-0.39, 0.29) is 9.89 Å². The summed E-state index contributed by atoms with van der Waals surface area (Å²) in [6, 6.07) is 0. The Morgan fingerprint density at radius 1 is 1.55 bits per heavy atom. The molecule has 0 spiro atoms. The van der Waals surface area contributed by atoms with E-state index >= 15 is 0 Å². The molecule has 2 nitrogen and oxygen atoms in total. The van der Waals surface area contributed by atoms with Crippen LogP contribution in [0.2, 0.25) is 0 Å². The van der Waals surface area contributed by atoms with Crippen LogP contribution < -0.4 is 0 Å². The lowest BCUT2D eigenvalue weighted by molar-refractivity contribution is -0.120. The van der Waals surface area contributed by atoms with Gasteiger partial charge in [0.15, 0.2) is 0 Å². The molecule has 0 aromatic carbocycles. The highest BCUT2D eigenvalue weighted by molar-refractivity contribution is 14.1. The van der Waals surface area contributed by atoms with E-state index in [2.05, 4.69) is 0 Å². The Bertz CT molecular complexity index is 141. The van der Waals surface area contributed by atoms with Gasteiger partial charge < -0.3 is 4.74 Å². The molecule has 0 N–H and O–H groups in total. The van der Waals surface area contributed by atoms with Crippen LogP contribution in [-0.4, -0.2) is 17.0 Å². The molecular formula is C8H13IO2. The van der Waals surface area contributed by atoms with E-state index in [1.54, 1.807) is 7.11 Å². The molecule has 0 saturated heterocycles. The smallest absolute Gasteiger partial charge is 0.221 e. The predicted octanol–water partition coefficient (Wildman–Crippen LogP) is 2.15. The summed E-state index contributed by atoms with van der Waals surface area (Å²) in [4.78, 5) is 11.0. The summed E-state index contributed by atoms with van der Waals surface area (Å²) < 4.78 is 5.29. The topological polar surface area (TPSA) is 26.3 Å². The van der Waals surface area contributed by atoms with Crippen LogP contribution in [-0.2, 0) is 9.53 Å².